The Morgan fingerprint density at radius 3 is 2.40 bits per heavy atom. The van der Waals surface area contributed by atoms with E-state index in [0.29, 0.717) is 6.07 Å². The lowest BCUT2D eigenvalue weighted by molar-refractivity contribution is 0.415. The third-order valence-corrected chi connectivity index (χ3v) is 1.35. The number of thiol groups is 1. The molecule has 54 valence electrons. The number of hydrogen-bond donors (Lipinski definition) is 2. The van der Waals surface area contributed by atoms with Gasteiger partial charge in [-0.25, -0.2) is 8.78 Å². The summed E-state index contributed by atoms with van der Waals surface area (Å²) in [6.07, 6.45) is 0. The molecule has 0 fully saturated rings. The summed E-state index contributed by atoms with van der Waals surface area (Å²) in [4.78, 5) is -0.0995. The first kappa shape index (κ1) is 7.34. The fourth-order valence-electron chi connectivity index (χ4n) is 0.552. The Balaban J connectivity index is 3.31. The summed E-state index contributed by atoms with van der Waals surface area (Å²) in [5.74, 6) is -2.37. The fourth-order valence-corrected chi connectivity index (χ4v) is 0.783. The van der Waals surface area contributed by atoms with Crippen LogP contribution in [0.4, 0.5) is 8.78 Å². The average molecular weight is 162 g/mol. The molecular formula is C6H4F2OS. The first-order chi connectivity index (χ1) is 4.61. The van der Waals surface area contributed by atoms with Crippen molar-refractivity contribution in [3.8, 4) is 5.75 Å². The van der Waals surface area contributed by atoms with E-state index in [1.165, 1.54) is 0 Å². The molecule has 0 aromatic heterocycles. The Hall–Kier alpha value is -0.770. The average Bonchev–Trinajstić information content (AvgIpc) is 1.82. The van der Waals surface area contributed by atoms with Crippen molar-refractivity contribution < 1.29 is 13.9 Å². The molecule has 0 aliphatic rings. The lowest BCUT2D eigenvalue weighted by atomic mass is 10.3. The topological polar surface area (TPSA) is 20.2 Å². The molecule has 0 atom stereocenters. The third kappa shape index (κ3) is 1.21. The van der Waals surface area contributed by atoms with Crippen LogP contribution in [0.15, 0.2) is 17.0 Å². The number of halogens is 2. The monoisotopic (exact) mass is 162 g/mol. The highest BCUT2D eigenvalue weighted by Crippen LogP contribution is 2.24. The molecule has 0 unspecified atom stereocenters. The highest BCUT2D eigenvalue weighted by Gasteiger charge is 2.05. The van der Waals surface area contributed by atoms with Gasteiger partial charge in [0.2, 0.25) is 0 Å². The second-order valence-electron chi connectivity index (χ2n) is 1.76. The van der Waals surface area contributed by atoms with Gasteiger partial charge in [0.15, 0.2) is 11.6 Å². The van der Waals surface area contributed by atoms with Crippen molar-refractivity contribution in [1.29, 1.82) is 0 Å². The molecule has 1 aromatic carbocycles. The molecule has 0 amide bonds. The van der Waals surface area contributed by atoms with Crippen molar-refractivity contribution in [3.05, 3.63) is 23.8 Å². The minimum absolute atomic E-state index is 0.0995. The van der Waals surface area contributed by atoms with Crippen LogP contribution in [-0.2, 0) is 0 Å². The van der Waals surface area contributed by atoms with Gasteiger partial charge in [-0.05, 0) is 6.07 Å². The molecule has 0 heterocycles. The van der Waals surface area contributed by atoms with Gasteiger partial charge < -0.3 is 5.11 Å². The molecule has 10 heavy (non-hydrogen) atoms. The van der Waals surface area contributed by atoms with Crippen LogP contribution in [0.25, 0.3) is 0 Å². The Morgan fingerprint density at radius 2 is 1.90 bits per heavy atom. The first-order valence-corrected chi connectivity index (χ1v) is 2.93. The van der Waals surface area contributed by atoms with Gasteiger partial charge in [0.05, 0.1) is 4.90 Å². The lowest BCUT2D eigenvalue weighted by Gasteiger charge is -1.97. The van der Waals surface area contributed by atoms with E-state index >= 15 is 0 Å². The maximum atomic E-state index is 12.3. The first-order valence-electron chi connectivity index (χ1n) is 2.48. The summed E-state index contributed by atoms with van der Waals surface area (Å²) < 4.78 is 24.5. The highest BCUT2D eigenvalue weighted by molar-refractivity contribution is 7.80. The molecule has 0 radical (unpaired) electrons. The molecule has 0 spiro atoms. The maximum Gasteiger partial charge on any atom is 0.168 e. The van der Waals surface area contributed by atoms with E-state index in [4.69, 9.17) is 5.11 Å². The van der Waals surface area contributed by atoms with E-state index in [0.717, 1.165) is 6.07 Å². The number of phenolic OH excluding ortho intramolecular Hbond substituents is 1. The van der Waals surface area contributed by atoms with Crippen molar-refractivity contribution in [3.63, 3.8) is 0 Å². The van der Waals surface area contributed by atoms with Crippen LogP contribution >= 0.6 is 12.6 Å². The fraction of sp³-hybridized carbons (Fsp3) is 0. The molecule has 0 bridgehead atoms. The predicted octanol–water partition coefficient (Wildman–Crippen LogP) is 1.96. The Labute approximate surface area is 61.7 Å². The molecule has 0 saturated heterocycles. The van der Waals surface area contributed by atoms with E-state index in [-0.39, 0.29) is 4.90 Å². The second kappa shape index (κ2) is 2.46. The third-order valence-electron chi connectivity index (χ3n) is 1.01. The number of hydrogen-bond acceptors (Lipinski definition) is 2. The molecule has 4 heteroatoms. The smallest absolute Gasteiger partial charge is 0.168 e. The minimum Gasteiger partial charge on any atom is -0.504 e. The van der Waals surface area contributed by atoms with Crippen LogP contribution in [0.1, 0.15) is 0 Å². The van der Waals surface area contributed by atoms with E-state index in [1.54, 1.807) is 0 Å². The summed E-state index contributed by atoms with van der Waals surface area (Å²) in [6.45, 7) is 0. The van der Waals surface area contributed by atoms with Gasteiger partial charge in [0.1, 0.15) is 5.82 Å². The summed E-state index contributed by atoms with van der Waals surface area (Å²) in [5.41, 5.74) is 0. The summed E-state index contributed by atoms with van der Waals surface area (Å²) in [7, 11) is 0. The summed E-state index contributed by atoms with van der Waals surface area (Å²) in [5, 5.41) is 8.71. The van der Waals surface area contributed by atoms with Crippen LogP contribution in [0.5, 0.6) is 5.75 Å². The van der Waals surface area contributed by atoms with Crippen molar-refractivity contribution >= 4 is 12.6 Å². The van der Waals surface area contributed by atoms with Crippen molar-refractivity contribution in [2.24, 2.45) is 0 Å². The molecule has 0 saturated carbocycles. The summed E-state index contributed by atoms with van der Waals surface area (Å²) in [6, 6.07) is 1.52. The number of phenols is 1. The maximum absolute atomic E-state index is 12.3. The van der Waals surface area contributed by atoms with Crippen LogP contribution < -0.4 is 0 Å². The zero-order chi connectivity index (χ0) is 7.72. The van der Waals surface area contributed by atoms with E-state index in [2.05, 4.69) is 12.6 Å². The standard InChI is InChI=1S/C6H4F2OS/c7-3-1-4(8)6(9)5(10)2-3/h1-2,9-10H. The highest BCUT2D eigenvalue weighted by atomic mass is 32.1. The van der Waals surface area contributed by atoms with Gasteiger partial charge in [0.25, 0.3) is 0 Å². The molecule has 1 aromatic rings. The molecule has 1 N–H and O–H groups in total. The van der Waals surface area contributed by atoms with E-state index < -0.39 is 17.4 Å². The SMILES string of the molecule is Oc1c(F)cc(F)cc1S. The molecule has 0 aliphatic heterocycles. The zero-order valence-electron chi connectivity index (χ0n) is 4.81. The van der Waals surface area contributed by atoms with E-state index in [1.807, 2.05) is 0 Å². The second-order valence-corrected chi connectivity index (χ2v) is 2.24. The molecular weight excluding hydrogens is 158 g/mol. The van der Waals surface area contributed by atoms with Crippen LogP contribution in [0, 0.1) is 11.6 Å². The van der Waals surface area contributed by atoms with Gasteiger partial charge in [-0.15, -0.1) is 12.6 Å². The minimum atomic E-state index is -0.995. The Bertz CT molecular complexity index is 239. The van der Waals surface area contributed by atoms with Crippen LogP contribution in [0.3, 0.4) is 0 Å². The van der Waals surface area contributed by atoms with Crippen molar-refractivity contribution in [2.75, 3.05) is 0 Å². The molecule has 1 nitrogen and oxygen atoms in total. The van der Waals surface area contributed by atoms with E-state index in [9.17, 15) is 8.78 Å². The lowest BCUT2D eigenvalue weighted by Crippen LogP contribution is -1.81. The Morgan fingerprint density at radius 1 is 1.30 bits per heavy atom. The van der Waals surface area contributed by atoms with Crippen molar-refractivity contribution in [1.82, 2.24) is 0 Å². The van der Waals surface area contributed by atoms with Gasteiger partial charge in [-0.2, -0.15) is 0 Å². The normalized spacial score (nSPS) is 9.90. The van der Waals surface area contributed by atoms with Crippen LogP contribution in [0.2, 0.25) is 0 Å². The molecule has 0 aliphatic carbocycles. The quantitative estimate of drug-likeness (QED) is 0.559. The van der Waals surface area contributed by atoms with Crippen molar-refractivity contribution in [2.45, 2.75) is 4.90 Å². The van der Waals surface area contributed by atoms with Crippen LogP contribution in [-0.4, -0.2) is 5.11 Å². The zero-order valence-corrected chi connectivity index (χ0v) is 5.70. The predicted molar refractivity (Wildman–Crippen MR) is 35.3 cm³/mol. The largest absolute Gasteiger partial charge is 0.504 e. The molecule has 1 rings (SSSR count). The number of rotatable bonds is 0. The van der Waals surface area contributed by atoms with Gasteiger partial charge in [-0.1, -0.05) is 0 Å². The van der Waals surface area contributed by atoms with Gasteiger partial charge in [-0.3, -0.25) is 0 Å². The van der Waals surface area contributed by atoms with Gasteiger partial charge in [0, 0.05) is 6.07 Å². The Kier molecular flexibility index (Phi) is 1.80. The van der Waals surface area contributed by atoms with Gasteiger partial charge >= 0.3 is 0 Å². The summed E-state index contributed by atoms with van der Waals surface area (Å²) >= 11 is 3.61. The number of benzene rings is 1. The number of aromatic hydroxyl groups is 1.